The molecule has 7 heteroatoms. The van der Waals surface area contributed by atoms with E-state index in [4.69, 9.17) is 5.11 Å². The van der Waals surface area contributed by atoms with Gasteiger partial charge in [0.1, 0.15) is 6.04 Å². The Morgan fingerprint density at radius 2 is 2.09 bits per heavy atom. The Morgan fingerprint density at radius 3 is 2.57 bits per heavy atom. The van der Waals surface area contributed by atoms with Gasteiger partial charge in [-0.2, -0.15) is 5.10 Å². The van der Waals surface area contributed by atoms with E-state index in [1.165, 1.54) is 6.20 Å². The van der Waals surface area contributed by atoms with Gasteiger partial charge in [0.15, 0.2) is 5.82 Å². The van der Waals surface area contributed by atoms with Gasteiger partial charge in [0.25, 0.3) is 5.91 Å². The monoisotopic (exact) mass is 314 g/mol. The van der Waals surface area contributed by atoms with Crippen molar-refractivity contribution in [1.29, 1.82) is 0 Å². The van der Waals surface area contributed by atoms with Crippen LogP contribution in [0.1, 0.15) is 34.6 Å². The van der Waals surface area contributed by atoms with Crippen molar-refractivity contribution in [1.82, 2.24) is 20.1 Å². The lowest BCUT2D eigenvalue weighted by Crippen LogP contribution is -2.42. The van der Waals surface area contributed by atoms with Crippen LogP contribution in [-0.2, 0) is 4.79 Å². The Balaban J connectivity index is 1.75. The Morgan fingerprint density at radius 1 is 1.35 bits per heavy atom. The van der Waals surface area contributed by atoms with Crippen LogP contribution in [0.5, 0.6) is 0 Å². The second-order valence-corrected chi connectivity index (χ2v) is 5.87. The van der Waals surface area contributed by atoms with Crippen molar-refractivity contribution in [3.05, 3.63) is 41.3 Å². The molecule has 2 heterocycles. The summed E-state index contributed by atoms with van der Waals surface area (Å²) in [6.45, 7) is 3.82. The highest BCUT2D eigenvalue weighted by molar-refractivity contribution is 5.96. The molecule has 1 unspecified atom stereocenters. The van der Waals surface area contributed by atoms with Gasteiger partial charge in [0.05, 0.1) is 11.3 Å². The van der Waals surface area contributed by atoms with Gasteiger partial charge < -0.3 is 10.4 Å². The van der Waals surface area contributed by atoms with Crippen LogP contribution >= 0.6 is 0 Å². The van der Waals surface area contributed by atoms with Crippen LogP contribution in [0.4, 0.5) is 0 Å². The first-order valence-corrected chi connectivity index (χ1v) is 7.49. The summed E-state index contributed by atoms with van der Waals surface area (Å²) in [5.74, 6) is -0.757. The van der Waals surface area contributed by atoms with Crippen molar-refractivity contribution in [3.8, 4) is 5.82 Å². The predicted molar refractivity (Wildman–Crippen MR) is 82.4 cm³/mol. The van der Waals surface area contributed by atoms with Crippen molar-refractivity contribution in [2.24, 2.45) is 5.92 Å². The summed E-state index contributed by atoms with van der Waals surface area (Å²) in [5.41, 5.74) is 2.17. The molecule has 0 saturated heterocycles. The first-order chi connectivity index (χ1) is 11.0. The number of rotatable bonds is 5. The zero-order valence-corrected chi connectivity index (χ0v) is 13.0. The van der Waals surface area contributed by atoms with E-state index in [1.54, 1.807) is 16.8 Å². The molecule has 1 aliphatic rings. The van der Waals surface area contributed by atoms with Crippen molar-refractivity contribution in [2.75, 3.05) is 0 Å². The van der Waals surface area contributed by atoms with Gasteiger partial charge in [-0.05, 0) is 50.8 Å². The van der Waals surface area contributed by atoms with Gasteiger partial charge in [-0.1, -0.05) is 0 Å². The number of amides is 1. The van der Waals surface area contributed by atoms with Gasteiger partial charge >= 0.3 is 5.97 Å². The summed E-state index contributed by atoms with van der Waals surface area (Å²) in [5, 5.41) is 16.1. The lowest BCUT2D eigenvalue weighted by molar-refractivity contribution is -0.139. The molecule has 0 aliphatic heterocycles. The number of nitrogens with zero attached hydrogens (tertiary/aromatic N) is 3. The van der Waals surface area contributed by atoms with Crippen molar-refractivity contribution < 1.29 is 14.7 Å². The molecular weight excluding hydrogens is 296 g/mol. The summed E-state index contributed by atoms with van der Waals surface area (Å²) in [7, 11) is 0. The van der Waals surface area contributed by atoms with E-state index in [2.05, 4.69) is 15.4 Å². The molecule has 1 fully saturated rings. The Kier molecular flexibility index (Phi) is 3.85. The third-order valence-corrected chi connectivity index (χ3v) is 3.88. The average Bonchev–Trinajstić information content (AvgIpc) is 3.29. The minimum absolute atomic E-state index is 0.0402. The van der Waals surface area contributed by atoms with E-state index >= 15 is 0 Å². The zero-order valence-electron chi connectivity index (χ0n) is 13.0. The highest BCUT2D eigenvalue weighted by Gasteiger charge is 2.37. The van der Waals surface area contributed by atoms with Crippen LogP contribution in [0.2, 0.25) is 0 Å². The Labute approximate surface area is 133 Å². The molecule has 0 bridgehead atoms. The molecule has 2 aromatic rings. The van der Waals surface area contributed by atoms with E-state index in [1.807, 2.05) is 19.9 Å². The molecule has 2 aromatic heterocycles. The summed E-state index contributed by atoms with van der Waals surface area (Å²) in [4.78, 5) is 27.6. The van der Waals surface area contributed by atoms with Gasteiger partial charge in [-0.25, -0.2) is 14.5 Å². The quantitative estimate of drug-likeness (QED) is 0.871. The van der Waals surface area contributed by atoms with Gasteiger partial charge in [-0.15, -0.1) is 0 Å². The van der Waals surface area contributed by atoms with E-state index < -0.39 is 17.9 Å². The van der Waals surface area contributed by atoms with Crippen molar-refractivity contribution in [3.63, 3.8) is 0 Å². The lowest BCUT2D eigenvalue weighted by atomic mass is 10.1. The minimum atomic E-state index is -0.993. The molecule has 2 N–H and O–H groups in total. The third kappa shape index (κ3) is 3.23. The average molecular weight is 314 g/mol. The van der Waals surface area contributed by atoms with E-state index in [0.29, 0.717) is 11.4 Å². The number of aromatic nitrogens is 3. The normalized spacial score (nSPS) is 15.2. The fourth-order valence-corrected chi connectivity index (χ4v) is 2.54. The maximum Gasteiger partial charge on any atom is 0.326 e. The number of carboxylic acid groups (broad SMARTS) is 1. The molecular formula is C16H18N4O3. The summed E-state index contributed by atoms with van der Waals surface area (Å²) in [6.07, 6.45) is 3.12. The second-order valence-electron chi connectivity index (χ2n) is 5.87. The van der Waals surface area contributed by atoms with E-state index in [9.17, 15) is 9.59 Å². The number of hydrogen-bond acceptors (Lipinski definition) is 4. The lowest BCUT2D eigenvalue weighted by Gasteiger charge is -2.13. The largest absolute Gasteiger partial charge is 0.480 e. The number of pyridine rings is 1. The maximum absolute atomic E-state index is 12.2. The minimum Gasteiger partial charge on any atom is -0.480 e. The molecule has 1 amide bonds. The van der Waals surface area contributed by atoms with Crippen LogP contribution in [-0.4, -0.2) is 37.8 Å². The molecule has 120 valence electrons. The first-order valence-electron chi connectivity index (χ1n) is 7.49. The molecule has 1 aliphatic carbocycles. The maximum atomic E-state index is 12.2. The molecule has 0 spiro atoms. The fourth-order valence-electron chi connectivity index (χ4n) is 2.54. The number of carbonyl (C=O) groups excluding carboxylic acids is 1. The first kappa shape index (κ1) is 15.2. The number of nitrogens with one attached hydrogen (secondary N) is 1. The number of carbonyl (C=O) groups is 2. The highest BCUT2D eigenvalue weighted by atomic mass is 16.4. The number of hydrogen-bond donors (Lipinski definition) is 2. The van der Waals surface area contributed by atoms with Crippen LogP contribution < -0.4 is 5.32 Å². The zero-order chi connectivity index (χ0) is 16.6. The summed E-state index contributed by atoms with van der Waals surface area (Å²) < 4.78 is 1.70. The molecule has 23 heavy (non-hydrogen) atoms. The molecule has 7 nitrogen and oxygen atoms in total. The number of carboxylic acids is 1. The Hall–Kier alpha value is -2.70. The molecule has 1 saturated carbocycles. The third-order valence-electron chi connectivity index (χ3n) is 3.88. The van der Waals surface area contributed by atoms with Crippen LogP contribution in [0.3, 0.4) is 0 Å². The smallest absolute Gasteiger partial charge is 0.326 e. The highest BCUT2D eigenvalue weighted by Crippen LogP contribution is 2.32. The fraction of sp³-hybridized carbons (Fsp3) is 0.375. The number of aryl methyl sites for hydroxylation is 2. The molecule has 1 atom stereocenters. The topological polar surface area (TPSA) is 97.1 Å². The molecule has 0 radical (unpaired) electrons. The molecule has 3 rings (SSSR count). The Bertz CT molecular complexity index is 747. The molecule has 0 aromatic carbocycles. The van der Waals surface area contributed by atoms with Gasteiger partial charge in [0, 0.05) is 11.9 Å². The van der Waals surface area contributed by atoms with Crippen LogP contribution in [0.25, 0.3) is 5.82 Å². The van der Waals surface area contributed by atoms with Crippen LogP contribution in [0, 0.1) is 19.8 Å². The van der Waals surface area contributed by atoms with E-state index in [-0.39, 0.29) is 5.92 Å². The van der Waals surface area contributed by atoms with Crippen LogP contribution in [0.15, 0.2) is 24.4 Å². The number of aliphatic carboxylic acids is 1. The predicted octanol–water partition coefficient (Wildman–Crippen LogP) is 1.48. The second kappa shape index (κ2) is 5.83. The SMILES string of the molecule is Cc1cc(C)n(-c2ccc(C(=O)NC(C(=O)O)C3CC3)cn2)n1. The standard InChI is InChI=1S/C16H18N4O3/c1-9-7-10(2)20(19-9)13-6-5-12(8-17-13)15(21)18-14(16(22)23)11-3-4-11/h5-8,11,14H,3-4H2,1-2H3,(H,18,21)(H,22,23). The van der Waals surface area contributed by atoms with E-state index in [0.717, 1.165) is 24.2 Å². The van der Waals surface area contributed by atoms with Gasteiger partial charge in [-0.3, -0.25) is 4.79 Å². The summed E-state index contributed by atoms with van der Waals surface area (Å²) in [6, 6.07) is 4.44. The van der Waals surface area contributed by atoms with Crippen molar-refractivity contribution >= 4 is 11.9 Å². The summed E-state index contributed by atoms with van der Waals surface area (Å²) >= 11 is 0. The van der Waals surface area contributed by atoms with Gasteiger partial charge in [0.2, 0.25) is 0 Å². The van der Waals surface area contributed by atoms with Crippen molar-refractivity contribution in [2.45, 2.75) is 32.7 Å².